The largest absolute Gasteiger partial charge is 0.505 e. The van der Waals surface area contributed by atoms with Gasteiger partial charge < -0.3 is 15.7 Å². The molecular formula is C15H22FN3OS. The van der Waals surface area contributed by atoms with Gasteiger partial charge >= 0.3 is 0 Å². The van der Waals surface area contributed by atoms with Gasteiger partial charge in [0, 0.05) is 18.3 Å². The van der Waals surface area contributed by atoms with Crippen molar-refractivity contribution in [2.45, 2.75) is 32.4 Å². The average molecular weight is 311 g/mol. The van der Waals surface area contributed by atoms with Gasteiger partial charge in [0.2, 0.25) is 0 Å². The number of guanidine groups is 1. The van der Waals surface area contributed by atoms with Crippen LogP contribution in [-0.2, 0) is 6.54 Å². The number of phenolic OH excluding ortho intramolecular Hbond substituents is 1. The van der Waals surface area contributed by atoms with Crippen LogP contribution in [0.4, 0.5) is 4.39 Å². The van der Waals surface area contributed by atoms with Crippen LogP contribution in [0.3, 0.4) is 0 Å². The molecule has 4 nitrogen and oxygen atoms in total. The van der Waals surface area contributed by atoms with Crippen molar-refractivity contribution in [1.82, 2.24) is 10.6 Å². The standard InChI is InChI=1S/C15H22FN3OS/c1-2-17-15(19-12-4-3-7-21-10-12)18-9-11-5-6-14(20)13(16)8-11/h5-6,8,12,20H,2-4,7,9-10H2,1H3,(H2,17,18,19). The van der Waals surface area contributed by atoms with Gasteiger partial charge in [-0.05, 0) is 43.2 Å². The molecule has 0 aliphatic carbocycles. The lowest BCUT2D eigenvalue weighted by Gasteiger charge is -2.24. The molecule has 1 aliphatic rings. The number of aromatic hydroxyl groups is 1. The van der Waals surface area contributed by atoms with Crippen LogP contribution in [0.5, 0.6) is 5.75 Å². The Hall–Kier alpha value is -1.43. The Balaban J connectivity index is 1.97. The summed E-state index contributed by atoms with van der Waals surface area (Å²) in [6.07, 6.45) is 2.39. The van der Waals surface area contributed by atoms with Crippen LogP contribution in [0.25, 0.3) is 0 Å². The van der Waals surface area contributed by atoms with Gasteiger partial charge in [-0.3, -0.25) is 0 Å². The van der Waals surface area contributed by atoms with Gasteiger partial charge in [0.15, 0.2) is 17.5 Å². The Morgan fingerprint density at radius 1 is 1.52 bits per heavy atom. The number of nitrogens with zero attached hydrogens (tertiary/aromatic N) is 1. The van der Waals surface area contributed by atoms with Gasteiger partial charge in [-0.2, -0.15) is 11.8 Å². The summed E-state index contributed by atoms with van der Waals surface area (Å²) in [6.45, 7) is 3.19. The molecule has 0 radical (unpaired) electrons. The molecule has 0 aromatic heterocycles. The van der Waals surface area contributed by atoms with E-state index in [0.717, 1.165) is 30.2 Å². The highest BCUT2D eigenvalue weighted by Gasteiger charge is 2.14. The fraction of sp³-hybridized carbons (Fsp3) is 0.533. The van der Waals surface area contributed by atoms with E-state index in [2.05, 4.69) is 15.6 Å². The van der Waals surface area contributed by atoms with E-state index in [-0.39, 0.29) is 5.75 Å². The topological polar surface area (TPSA) is 56.7 Å². The number of benzene rings is 1. The number of rotatable bonds is 4. The number of aliphatic imine (C=N–C) groups is 1. The van der Waals surface area contributed by atoms with Crippen molar-refractivity contribution in [2.24, 2.45) is 4.99 Å². The molecule has 21 heavy (non-hydrogen) atoms. The van der Waals surface area contributed by atoms with E-state index in [0.29, 0.717) is 12.6 Å². The molecule has 3 N–H and O–H groups in total. The number of hydrogen-bond donors (Lipinski definition) is 3. The highest BCUT2D eigenvalue weighted by atomic mass is 32.2. The van der Waals surface area contributed by atoms with Gasteiger partial charge in [-0.15, -0.1) is 0 Å². The second-order valence-electron chi connectivity index (χ2n) is 5.04. The first-order chi connectivity index (χ1) is 10.2. The first-order valence-corrected chi connectivity index (χ1v) is 8.44. The molecule has 1 fully saturated rings. The average Bonchev–Trinajstić information content (AvgIpc) is 2.49. The SMILES string of the molecule is CCNC(=NCc1ccc(O)c(F)c1)NC1CCCSC1. The van der Waals surface area contributed by atoms with Crippen LogP contribution in [0.1, 0.15) is 25.3 Å². The van der Waals surface area contributed by atoms with Crippen LogP contribution in [-0.4, -0.2) is 35.2 Å². The highest BCUT2D eigenvalue weighted by molar-refractivity contribution is 7.99. The third-order valence-electron chi connectivity index (χ3n) is 3.28. The summed E-state index contributed by atoms with van der Waals surface area (Å²) in [6, 6.07) is 4.80. The lowest BCUT2D eigenvalue weighted by Crippen LogP contribution is -2.45. The quantitative estimate of drug-likeness (QED) is 0.591. The lowest BCUT2D eigenvalue weighted by molar-refractivity contribution is 0.432. The summed E-state index contributed by atoms with van der Waals surface area (Å²) in [5, 5.41) is 15.8. The van der Waals surface area contributed by atoms with Crippen LogP contribution in [0.2, 0.25) is 0 Å². The van der Waals surface area contributed by atoms with Crippen molar-refractivity contribution >= 4 is 17.7 Å². The van der Waals surface area contributed by atoms with Crippen molar-refractivity contribution in [3.05, 3.63) is 29.6 Å². The molecule has 0 bridgehead atoms. The zero-order chi connectivity index (χ0) is 15.1. The van der Waals surface area contributed by atoms with E-state index in [1.165, 1.54) is 24.3 Å². The summed E-state index contributed by atoms with van der Waals surface area (Å²) >= 11 is 1.96. The van der Waals surface area contributed by atoms with Crippen LogP contribution in [0, 0.1) is 5.82 Å². The molecule has 0 amide bonds. The first-order valence-electron chi connectivity index (χ1n) is 7.29. The zero-order valence-electron chi connectivity index (χ0n) is 12.2. The van der Waals surface area contributed by atoms with Crippen LogP contribution in [0.15, 0.2) is 23.2 Å². The molecule has 1 heterocycles. The fourth-order valence-electron chi connectivity index (χ4n) is 2.19. The summed E-state index contributed by atoms with van der Waals surface area (Å²) in [7, 11) is 0. The van der Waals surface area contributed by atoms with E-state index in [4.69, 9.17) is 0 Å². The van der Waals surface area contributed by atoms with Crippen molar-refractivity contribution in [3.63, 3.8) is 0 Å². The van der Waals surface area contributed by atoms with Crippen molar-refractivity contribution in [3.8, 4) is 5.75 Å². The second-order valence-corrected chi connectivity index (χ2v) is 6.19. The Labute approximate surface area is 129 Å². The van der Waals surface area contributed by atoms with Crippen LogP contribution < -0.4 is 10.6 Å². The molecule has 1 saturated heterocycles. The number of halogens is 1. The predicted molar refractivity (Wildman–Crippen MR) is 86.4 cm³/mol. The number of phenols is 1. The first kappa shape index (κ1) is 15.9. The van der Waals surface area contributed by atoms with Gasteiger partial charge in [0.1, 0.15) is 0 Å². The summed E-state index contributed by atoms with van der Waals surface area (Å²) in [5.41, 5.74) is 0.737. The van der Waals surface area contributed by atoms with E-state index >= 15 is 0 Å². The minimum Gasteiger partial charge on any atom is -0.505 e. The Morgan fingerprint density at radius 3 is 3.05 bits per heavy atom. The fourth-order valence-corrected chi connectivity index (χ4v) is 3.26. The normalized spacial score (nSPS) is 19.3. The number of hydrogen-bond acceptors (Lipinski definition) is 3. The van der Waals surface area contributed by atoms with Crippen molar-refractivity contribution < 1.29 is 9.50 Å². The van der Waals surface area contributed by atoms with E-state index < -0.39 is 5.82 Å². The van der Waals surface area contributed by atoms with E-state index in [1.54, 1.807) is 6.07 Å². The molecule has 0 spiro atoms. The Morgan fingerprint density at radius 2 is 2.38 bits per heavy atom. The smallest absolute Gasteiger partial charge is 0.191 e. The Bertz CT molecular complexity index is 490. The Kier molecular flexibility index (Phi) is 6.17. The number of thioether (sulfide) groups is 1. The molecule has 1 atom stereocenters. The maximum atomic E-state index is 13.3. The zero-order valence-corrected chi connectivity index (χ0v) is 13.0. The van der Waals surface area contributed by atoms with Gasteiger partial charge in [0.25, 0.3) is 0 Å². The summed E-state index contributed by atoms with van der Waals surface area (Å²) < 4.78 is 13.3. The summed E-state index contributed by atoms with van der Waals surface area (Å²) in [5.74, 6) is 2.16. The second kappa shape index (κ2) is 8.12. The van der Waals surface area contributed by atoms with E-state index in [1.807, 2.05) is 18.7 Å². The molecule has 2 rings (SSSR count). The minimum absolute atomic E-state index is 0.327. The predicted octanol–water partition coefficient (Wildman–Crippen LogP) is 2.48. The highest BCUT2D eigenvalue weighted by Crippen LogP contribution is 2.18. The molecule has 1 aromatic carbocycles. The van der Waals surface area contributed by atoms with Crippen LogP contribution >= 0.6 is 11.8 Å². The molecule has 6 heteroatoms. The van der Waals surface area contributed by atoms with Crippen molar-refractivity contribution in [2.75, 3.05) is 18.1 Å². The third kappa shape index (κ3) is 5.12. The van der Waals surface area contributed by atoms with Gasteiger partial charge in [-0.25, -0.2) is 9.38 Å². The molecule has 0 saturated carbocycles. The summed E-state index contributed by atoms with van der Waals surface area (Å²) in [4.78, 5) is 4.49. The molecule has 1 aliphatic heterocycles. The maximum Gasteiger partial charge on any atom is 0.191 e. The van der Waals surface area contributed by atoms with Crippen molar-refractivity contribution in [1.29, 1.82) is 0 Å². The number of nitrogens with one attached hydrogen (secondary N) is 2. The molecule has 1 aromatic rings. The lowest BCUT2D eigenvalue weighted by atomic mass is 10.2. The molecule has 116 valence electrons. The maximum absolute atomic E-state index is 13.3. The van der Waals surface area contributed by atoms with Gasteiger partial charge in [-0.1, -0.05) is 6.07 Å². The van der Waals surface area contributed by atoms with Gasteiger partial charge in [0.05, 0.1) is 6.54 Å². The van der Waals surface area contributed by atoms with E-state index in [9.17, 15) is 9.50 Å². The monoisotopic (exact) mass is 311 g/mol. The molecule has 1 unspecified atom stereocenters. The molecular weight excluding hydrogens is 289 g/mol. The third-order valence-corrected chi connectivity index (χ3v) is 4.49. The minimum atomic E-state index is -0.607.